The minimum Gasteiger partial charge on any atom is -0.143 e. The van der Waals surface area contributed by atoms with E-state index in [0.717, 1.165) is 0 Å². The van der Waals surface area contributed by atoms with Gasteiger partial charge in [-0.3, -0.25) is 0 Å². The number of unbranched alkanes of at least 4 members (excludes halogenated alkanes) is 18. The van der Waals surface area contributed by atoms with Crippen LogP contribution in [-0.2, 0) is 12.8 Å². The molecule has 0 amide bonds. The Bertz CT molecular complexity index is 871. The fourth-order valence-electron chi connectivity index (χ4n) is 5.82. The first kappa shape index (κ1) is 32.6. The van der Waals surface area contributed by atoms with Crippen LogP contribution in [0.3, 0.4) is 0 Å². The zero-order chi connectivity index (χ0) is 27.4. The van der Waals surface area contributed by atoms with Gasteiger partial charge in [0.05, 0.1) is 0 Å². The molecule has 0 saturated carbocycles. The third-order valence-electron chi connectivity index (χ3n) is 8.17. The first-order valence-electron chi connectivity index (χ1n) is 16.6. The lowest BCUT2D eigenvalue weighted by Gasteiger charge is -2.10. The SMILES string of the molecule is CCCCCCCCCCCCc1c(-c2cccs2)sc(-c2cccs2)c1CCCCCCCCCCCC. The first-order valence-corrected chi connectivity index (χ1v) is 19.1. The van der Waals surface area contributed by atoms with Gasteiger partial charge >= 0.3 is 0 Å². The average Bonchev–Trinajstić information content (AvgIpc) is 3.73. The quantitative estimate of drug-likeness (QED) is 0.0918. The van der Waals surface area contributed by atoms with E-state index < -0.39 is 0 Å². The maximum atomic E-state index is 2.35. The highest BCUT2D eigenvalue weighted by Gasteiger charge is 2.21. The summed E-state index contributed by atoms with van der Waals surface area (Å²) in [6.45, 7) is 4.62. The predicted molar refractivity (Wildman–Crippen MR) is 182 cm³/mol. The van der Waals surface area contributed by atoms with Crippen LogP contribution in [0.5, 0.6) is 0 Å². The molecule has 3 heteroatoms. The Balaban J connectivity index is 1.54. The Morgan fingerprint density at radius 3 is 1.08 bits per heavy atom. The Hall–Kier alpha value is -0.900. The topological polar surface area (TPSA) is 0 Å². The van der Waals surface area contributed by atoms with Crippen LogP contribution in [-0.4, -0.2) is 0 Å². The summed E-state index contributed by atoms with van der Waals surface area (Å²) in [4.78, 5) is 6.11. The Labute approximate surface area is 253 Å². The van der Waals surface area contributed by atoms with Crippen molar-refractivity contribution in [3.8, 4) is 19.5 Å². The van der Waals surface area contributed by atoms with Gasteiger partial charge in [0, 0.05) is 19.5 Å². The molecule has 0 atom stereocenters. The van der Waals surface area contributed by atoms with Crippen molar-refractivity contribution in [2.45, 2.75) is 155 Å². The van der Waals surface area contributed by atoms with Crippen LogP contribution in [0.4, 0.5) is 0 Å². The van der Waals surface area contributed by atoms with E-state index in [2.05, 4.69) is 60.2 Å². The molecule has 3 aromatic rings. The van der Waals surface area contributed by atoms with Crippen molar-refractivity contribution in [2.24, 2.45) is 0 Å². The molecule has 0 bridgehead atoms. The molecule has 39 heavy (non-hydrogen) atoms. The molecule has 0 aromatic carbocycles. The van der Waals surface area contributed by atoms with Gasteiger partial charge in [0.1, 0.15) is 0 Å². The van der Waals surface area contributed by atoms with Crippen LogP contribution in [0.1, 0.15) is 153 Å². The highest BCUT2D eigenvalue weighted by molar-refractivity contribution is 7.26. The molecule has 0 spiro atoms. The zero-order valence-corrected chi connectivity index (χ0v) is 27.7. The van der Waals surface area contributed by atoms with E-state index in [1.807, 2.05) is 22.7 Å². The van der Waals surface area contributed by atoms with Gasteiger partial charge in [0.25, 0.3) is 0 Å². The van der Waals surface area contributed by atoms with Crippen molar-refractivity contribution in [1.29, 1.82) is 0 Å². The van der Waals surface area contributed by atoms with Crippen molar-refractivity contribution in [3.63, 3.8) is 0 Å². The average molecular weight is 585 g/mol. The van der Waals surface area contributed by atoms with Crippen molar-refractivity contribution in [3.05, 3.63) is 46.2 Å². The summed E-state index contributed by atoms with van der Waals surface area (Å²) in [5, 5.41) is 4.51. The van der Waals surface area contributed by atoms with Crippen LogP contribution in [0.15, 0.2) is 35.0 Å². The maximum Gasteiger partial charge on any atom is 0.0484 e. The lowest BCUT2D eigenvalue weighted by atomic mass is 9.95. The van der Waals surface area contributed by atoms with Gasteiger partial charge in [-0.2, -0.15) is 0 Å². The van der Waals surface area contributed by atoms with Crippen molar-refractivity contribution in [2.75, 3.05) is 0 Å². The molecule has 0 unspecified atom stereocenters. The third kappa shape index (κ3) is 12.2. The number of thiophene rings is 3. The molecule has 0 aliphatic rings. The van der Waals surface area contributed by atoms with Crippen LogP contribution in [0.25, 0.3) is 19.5 Å². The van der Waals surface area contributed by atoms with Crippen molar-refractivity contribution < 1.29 is 0 Å². The lowest BCUT2D eigenvalue weighted by Crippen LogP contribution is -1.95. The molecule has 3 aromatic heterocycles. The van der Waals surface area contributed by atoms with Gasteiger partial charge in [-0.25, -0.2) is 0 Å². The van der Waals surface area contributed by atoms with Gasteiger partial charge in [0.2, 0.25) is 0 Å². The van der Waals surface area contributed by atoms with E-state index in [4.69, 9.17) is 0 Å². The molecule has 0 fully saturated rings. The predicted octanol–water partition coefficient (Wildman–Crippen LogP) is 14.1. The van der Waals surface area contributed by atoms with Gasteiger partial charge in [-0.15, -0.1) is 34.0 Å². The second kappa shape index (κ2) is 20.9. The molecule has 0 saturated heterocycles. The van der Waals surface area contributed by atoms with Gasteiger partial charge in [0.15, 0.2) is 0 Å². The Kier molecular flexibility index (Phi) is 17.5. The summed E-state index contributed by atoms with van der Waals surface area (Å²) >= 11 is 5.94. The standard InChI is InChI=1S/C36H56S3/c1-3-5-7-9-11-13-15-17-19-21-25-31-32(26-22-20-18-16-14-12-10-8-6-4-2)36(34-28-24-30-38-34)39-35(31)33-27-23-29-37-33/h23-24,27-30H,3-22,25-26H2,1-2H3. The second-order valence-electron chi connectivity index (χ2n) is 11.5. The number of hydrogen-bond acceptors (Lipinski definition) is 3. The maximum absolute atomic E-state index is 2.35. The molecular weight excluding hydrogens is 529 g/mol. The fraction of sp³-hybridized carbons (Fsp3) is 0.667. The van der Waals surface area contributed by atoms with Crippen molar-refractivity contribution in [1.82, 2.24) is 0 Å². The Morgan fingerprint density at radius 2 is 0.769 bits per heavy atom. The summed E-state index contributed by atoms with van der Waals surface area (Å²) in [6.07, 6.45) is 30.8. The van der Waals surface area contributed by atoms with Crippen LogP contribution >= 0.6 is 34.0 Å². The van der Waals surface area contributed by atoms with E-state index in [0.29, 0.717) is 0 Å². The first-order chi connectivity index (χ1) is 19.3. The van der Waals surface area contributed by atoms with E-state index in [1.54, 1.807) is 20.9 Å². The van der Waals surface area contributed by atoms with Gasteiger partial charge < -0.3 is 0 Å². The monoisotopic (exact) mass is 584 g/mol. The molecule has 0 aliphatic heterocycles. The molecular formula is C36H56S3. The third-order valence-corrected chi connectivity index (χ3v) is 11.5. The second-order valence-corrected chi connectivity index (χ2v) is 14.5. The van der Waals surface area contributed by atoms with Crippen LogP contribution < -0.4 is 0 Å². The molecule has 3 rings (SSSR count). The minimum absolute atomic E-state index is 1.26. The van der Waals surface area contributed by atoms with E-state index in [9.17, 15) is 0 Å². The van der Waals surface area contributed by atoms with Gasteiger partial charge in [-0.05, 0) is 59.7 Å². The molecule has 0 radical (unpaired) electrons. The molecule has 0 aliphatic carbocycles. The highest BCUT2D eigenvalue weighted by Crippen LogP contribution is 2.46. The van der Waals surface area contributed by atoms with Crippen LogP contribution in [0.2, 0.25) is 0 Å². The normalized spacial score (nSPS) is 11.5. The van der Waals surface area contributed by atoms with E-state index in [-0.39, 0.29) is 0 Å². The summed E-state index contributed by atoms with van der Waals surface area (Å²) in [5.74, 6) is 0. The van der Waals surface area contributed by atoms with Crippen molar-refractivity contribution >= 4 is 34.0 Å². The molecule has 0 N–H and O–H groups in total. The number of rotatable bonds is 24. The molecule has 0 nitrogen and oxygen atoms in total. The fourth-order valence-corrected chi connectivity index (χ4v) is 8.98. The summed E-state index contributed by atoms with van der Waals surface area (Å²) < 4.78 is 0. The van der Waals surface area contributed by atoms with Crippen LogP contribution in [0, 0.1) is 0 Å². The highest BCUT2D eigenvalue weighted by atomic mass is 32.1. The minimum atomic E-state index is 1.26. The molecule has 3 heterocycles. The van der Waals surface area contributed by atoms with Gasteiger partial charge in [-0.1, -0.05) is 142 Å². The van der Waals surface area contributed by atoms with E-state index in [1.165, 1.54) is 151 Å². The lowest BCUT2D eigenvalue weighted by molar-refractivity contribution is 0.553. The summed E-state index contributed by atoms with van der Waals surface area (Å²) in [5.41, 5.74) is 3.39. The smallest absolute Gasteiger partial charge is 0.0484 e. The number of hydrogen-bond donors (Lipinski definition) is 0. The summed E-state index contributed by atoms with van der Waals surface area (Å²) in [6, 6.07) is 9.16. The zero-order valence-electron chi connectivity index (χ0n) is 25.2. The summed E-state index contributed by atoms with van der Waals surface area (Å²) in [7, 11) is 0. The Morgan fingerprint density at radius 1 is 0.436 bits per heavy atom. The van der Waals surface area contributed by atoms with E-state index >= 15 is 0 Å². The largest absolute Gasteiger partial charge is 0.143 e. The molecule has 218 valence electrons.